The van der Waals surface area contributed by atoms with Crippen LogP contribution in [0.4, 0.5) is 0 Å². The number of nitrogens with zero attached hydrogens (tertiary/aromatic N) is 1. The van der Waals surface area contributed by atoms with Crippen LogP contribution in [0, 0.1) is 11.8 Å². The van der Waals surface area contributed by atoms with Gasteiger partial charge in [-0.05, 0) is 25.7 Å². The van der Waals surface area contributed by atoms with E-state index in [0.29, 0.717) is 38.8 Å². The number of amides is 1. The van der Waals surface area contributed by atoms with Gasteiger partial charge in [0.2, 0.25) is 5.91 Å². The standard InChI is InChI=1S/C14H21NO3/c1-3-9-15(10-4-2)13(16)11-5-7-12(8-6-11)14(17)18/h3-4,11-12H,1-2,5-10H2,(H,17,18). The van der Waals surface area contributed by atoms with Gasteiger partial charge < -0.3 is 10.0 Å². The number of carbonyl (C=O) groups is 2. The Kier molecular flexibility index (Phi) is 5.62. The first-order chi connectivity index (χ1) is 8.60. The maximum absolute atomic E-state index is 12.2. The largest absolute Gasteiger partial charge is 0.481 e. The Hall–Kier alpha value is -1.58. The van der Waals surface area contributed by atoms with E-state index in [2.05, 4.69) is 13.2 Å². The SMILES string of the molecule is C=CCN(CC=C)C(=O)C1CCC(C(=O)O)CC1. The van der Waals surface area contributed by atoms with Crippen LogP contribution in [0.5, 0.6) is 0 Å². The molecular formula is C14H21NO3. The number of hydrogen-bond acceptors (Lipinski definition) is 2. The van der Waals surface area contributed by atoms with Crippen molar-refractivity contribution in [2.24, 2.45) is 11.8 Å². The lowest BCUT2D eigenvalue weighted by Gasteiger charge is -2.29. The van der Waals surface area contributed by atoms with Crippen molar-refractivity contribution in [3.05, 3.63) is 25.3 Å². The number of aliphatic carboxylic acids is 1. The van der Waals surface area contributed by atoms with Gasteiger partial charge in [0.1, 0.15) is 0 Å². The third-order valence-corrected chi connectivity index (χ3v) is 3.44. The molecule has 4 nitrogen and oxygen atoms in total. The predicted molar refractivity (Wildman–Crippen MR) is 70.1 cm³/mol. The first kappa shape index (κ1) is 14.5. The molecule has 0 aromatic rings. The molecule has 1 N–H and O–H groups in total. The first-order valence-corrected chi connectivity index (χ1v) is 6.33. The van der Waals surface area contributed by atoms with E-state index in [9.17, 15) is 9.59 Å². The lowest BCUT2D eigenvalue weighted by atomic mass is 9.81. The summed E-state index contributed by atoms with van der Waals surface area (Å²) in [5, 5.41) is 8.92. The molecule has 0 aromatic carbocycles. The minimum absolute atomic E-state index is 0.0412. The molecular weight excluding hydrogens is 230 g/mol. The van der Waals surface area contributed by atoms with E-state index in [1.807, 2.05) is 0 Å². The predicted octanol–water partition coefficient (Wildman–Crippen LogP) is 2.08. The van der Waals surface area contributed by atoms with Crippen LogP contribution in [0.3, 0.4) is 0 Å². The topological polar surface area (TPSA) is 57.6 Å². The molecule has 1 amide bonds. The normalized spacial score (nSPS) is 23.1. The number of hydrogen-bond donors (Lipinski definition) is 1. The van der Waals surface area contributed by atoms with Gasteiger partial charge in [-0.2, -0.15) is 0 Å². The van der Waals surface area contributed by atoms with Gasteiger partial charge in [-0.1, -0.05) is 12.2 Å². The summed E-state index contributed by atoms with van der Waals surface area (Å²) in [5.74, 6) is -0.963. The Labute approximate surface area is 108 Å². The monoisotopic (exact) mass is 251 g/mol. The molecule has 1 aliphatic carbocycles. The van der Waals surface area contributed by atoms with Crippen LogP contribution < -0.4 is 0 Å². The minimum atomic E-state index is -0.741. The zero-order chi connectivity index (χ0) is 13.5. The lowest BCUT2D eigenvalue weighted by Crippen LogP contribution is -2.38. The summed E-state index contributed by atoms with van der Waals surface area (Å²) in [7, 11) is 0. The highest BCUT2D eigenvalue weighted by atomic mass is 16.4. The molecule has 1 rings (SSSR count). The van der Waals surface area contributed by atoms with Crippen molar-refractivity contribution in [2.45, 2.75) is 25.7 Å². The summed E-state index contributed by atoms with van der Waals surface area (Å²) in [6.07, 6.45) is 5.93. The third kappa shape index (κ3) is 3.72. The molecule has 1 fully saturated rings. The summed E-state index contributed by atoms with van der Waals surface area (Å²) < 4.78 is 0. The van der Waals surface area contributed by atoms with E-state index in [0.717, 1.165) is 0 Å². The van der Waals surface area contributed by atoms with E-state index in [1.54, 1.807) is 17.1 Å². The number of carboxylic acid groups (broad SMARTS) is 1. The van der Waals surface area contributed by atoms with Crippen molar-refractivity contribution >= 4 is 11.9 Å². The Morgan fingerprint density at radius 1 is 1.06 bits per heavy atom. The van der Waals surface area contributed by atoms with Gasteiger partial charge in [-0.15, -0.1) is 13.2 Å². The van der Waals surface area contributed by atoms with Crippen molar-refractivity contribution in [1.29, 1.82) is 0 Å². The lowest BCUT2D eigenvalue weighted by molar-refractivity contribution is -0.145. The van der Waals surface area contributed by atoms with E-state index in [1.165, 1.54) is 0 Å². The molecule has 0 bridgehead atoms. The zero-order valence-electron chi connectivity index (χ0n) is 10.7. The molecule has 1 aliphatic rings. The molecule has 100 valence electrons. The zero-order valence-corrected chi connectivity index (χ0v) is 10.7. The van der Waals surface area contributed by atoms with Gasteiger partial charge in [-0.3, -0.25) is 9.59 Å². The number of carboxylic acids is 1. The quantitative estimate of drug-likeness (QED) is 0.735. The van der Waals surface area contributed by atoms with Gasteiger partial charge in [-0.25, -0.2) is 0 Å². The molecule has 18 heavy (non-hydrogen) atoms. The van der Waals surface area contributed by atoms with E-state index >= 15 is 0 Å². The second-order valence-corrected chi connectivity index (χ2v) is 4.71. The van der Waals surface area contributed by atoms with Gasteiger partial charge >= 0.3 is 5.97 Å². The average Bonchev–Trinajstić information content (AvgIpc) is 2.38. The average molecular weight is 251 g/mol. The molecule has 0 saturated heterocycles. The van der Waals surface area contributed by atoms with Crippen LogP contribution in [0.15, 0.2) is 25.3 Å². The van der Waals surface area contributed by atoms with Crippen LogP contribution in [-0.2, 0) is 9.59 Å². The summed E-state index contributed by atoms with van der Waals surface area (Å²) in [5.41, 5.74) is 0. The van der Waals surface area contributed by atoms with Crippen LogP contribution in [0.2, 0.25) is 0 Å². The van der Waals surface area contributed by atoms with Crippen molar-refractivity contribution in [3.8, 4) is 0 Å². The van der Waals surface area contributed by atoms with Crippen molar-refractivity contribution < 1.29 is 14.7 Å². The molecule has 0 spiro atoms. The summed E-state index contributed by atoms with van der Waals surface area (Å²) >= 11 is 0. The van der Waals surface area contributed by atoms with Gasteiger partial charge in [0.05, 0.1) is 5.92 Å². The first-order valence-electron chi connectivity index (χ1n) is 6.33. The van der Waals surface area contributed by atoms with Gasteiger partial charge in [0.25, 0.3) is 0 Å². The van der Waals surface area contributed by atoms with Crippen molar-refractivity contribution in [2.75, 3.05) is 13.1 Å². The Balaban J connectivity index is 2.54. The maximum atomic E-state index is 12.2. The van der Waals surface area contributed by atoms with Crippen LogP contribution in [-0.4, -0.2) is 35.0 Å². The van der Waals surface area contributed by atoms with E-state index in [-0.39, 0.29) is 17.7 Å². The molecule has 0 aromatic heterocycles. The highest BCUT2D eigenvalue weighted by molar-refractivity contribution is 5.79. The van der Waals surface area contributed by atoms with Crippen LogP contribution >= 0.6 is 0 Å². The number of carbonyl (C=O) groups excluding carboxylic acids is 1. The highest BCUT2D eigenvalue weighted by Gasteiger charge is 2.31. The molecule has 0 heterocycles. The maximum Gasteiger partial charge on any atom is 0.306 e. The Morgan fingerprint density at radius 2 is 1.50 bits per heavy atom. The second-order valence-electron chi connectivity index (χ2n) is 4.71. The van der Waals surface area contributed by atoms with E-state index < -0.39 is 5.97 Å². The van der Waals surface area contributed by atoms with Crippen LogP contribution in [0.1, 0.15) is 25.7 Å². The van der Waals surface area contributed by atoms with E-state index in [4.69, 9.17) is 5.11 Å². The minimum Gasteiger partial charge on any atom is -0.481 e. The molecule has 0 unspecified atom stereocenters. The molecule has 0 aliphatic heterocycles. The molecule has 4 heteroatoms. The van der Waals surface area contributed by atoms with Gasteiger partial charge in [0.15, 0.2) is 0 Å². The summed E-state index contributed by atoms with van der Waals surface area (Å²) in [6.45, 7) is 8.31. The second kappa shape index (κ2) is 6.99. The number of rotatable bonds is 6. The van der Waals surface area contributed by atoms with Gasteiger partial charge in [0, 0.05) is 19.0 Å². The Bertz CT molecular complexity index is 320. The van der Waals surface area contributed by atoms with Crippen molar-refractivity contribution in [1.82, 2.24) is 4.90 Å². The molecule has 0 atom stereocenters. The fourth-order valence-corrected chi connectivity index (χ4v) is 2.41. The third-order valence-electron chi connectivity index (χ3n) is 3.44. The molecule has 0 radical (unpaired) electrons. The summed E-state index contributed by atoms with van der Waals surface area (Å²) in [6, 6.07) is 0. The highest BCUT2D eigenvalue weighted by Crippen LogP contribution is 2.30. The Morgan fingerprint density at radius 3 is 1.89 bits per heavy atom. The van der Waals surface area contributed by atoms with Crippen molar-refractivity contribution in [3.63, 3.8) is 0 Å². The smallest absolute Gasteiger partial charge is 0.306 e. The summed E-state index contributed by atoms with van der Waals surface area (Å²) in [4.78, 5) is 24.8. The fourth-order valence-electron chi connectivity index (χ4n) is 2.41. The fraction of sp³-hybridized carbons (Fsp3) is 0.571. The molecule has 1 saturated carbocycles. The van der Waals surface area contributed by atoms with Crippen LogP contribution in [0.25, 0.3) is 0 Å².